The zero-order valence-electron chi connectivity index (χ0n) is 19.4. The molecule has 0 aliphatic carbocycles. The van der Waals surface area contributed by atoms with Gasteiger partial charge in [-0.25, -0.2) is 9.97 Å². The van der Waals surface area contributed by atoms with Gasteiger partial charge in [0.05, 0.1) is 32.1 Å². The molecule has 0 bridgehead atoms. The molecule has 0 fully saturated rings. The van der Waals surface area contributed by atoms with E-state index in [2.05, 4.69) is 22.2 Å². The summed E-state index contributed by atoms with van der Waals surface area (Å²) in [6, 6.07) is 11.2. The van der Waals surface area contributed by atoms with Crippen molar-refractivity contribution in [2.75, 3.05) is 25.6 Å². The zero-order chi connectivity index (χ0) is 24.1. The Morgan fingerprint density at radius 3 is 2.76 bits per heavy atom. The van der Waals surface area contributed by atoms with E-state index in [1.54, 1.807) is 19.4 Å². The molecule has 0 aliphatic heterocycles. The van der Waals surface area contributed by atoms with Gasteiger partial charge in [0.1, 0.15) is 29.2 Å². The van der Waals surface area contributed by atoms with Gasteiger partial charge in [0.25, 0.3) is 0 Å². The molecule has 0 radical (unpaired) electrons. The van der Waals surface area contributed by atoms with Crippen LogP contribution in [0.25, 0.3) is 22.2 Å². The van der Waals surface area contributed by atoms with Crippen LogP contribution in [0.5, 0.6) is 11.5 Å². The number of aromatic nitrogens is 2. The highest BCUT2D eigenvalue weighted by atomic mass is 16.5. The Balaban J connectivity index is 1.51. The monoisotopic (exact) mass is 461 g/mol. The highest BCUT2D eigenvalue weighted by Crippen LogP contribution is 2.32. The number of carbonyl (C=O) groups is 1. The Morgan fingerprint density at radius 1 is 1.15 bits per heavy atom. The first kappa shape index (κ1) is 23.1. The van der Waals surface area contributed by atoms with Crippen molar-refractivity contribution in [3.63, 3.8) is 0 Å². The molecule has 34 heavy (non-hydrogen) atoms. The average Bonchev–Trinajstić information content (AvgIpc) is 3.30. The number of benzene rings is 2. The average molecular weight is 462 g/mol. The molecule has 2 aromatic heterocycles. The summed E-state index contributed by atoms with van der Waals surface area (Å²) in [6.07, 6.45) is 3.84. The fourth-order valence-corrected chi connectivity index (χ4v) is 4.03. The number of anilines is 1. The van der Waals surface area contributed by atoms with Crippen molar-refractivity contribution in [2.24, 2.45) is 0 Å². The summed E-state index contributed by atoms with van der Waals surface area (Å²) in [7, 11) is 1.66. The number of nitrogens with one attached hydrogen (secondary N) is 1. The van der Waals surface area contributed by atoms with Gasteiger partial charge in [0.15, 0.2) is 0 Å². The Morgan fingerprint density at radius 2 is 2.00 bits per heavy atom. The van der Waals surface area contributed by atoms with Gasteiger partial charge in [0, 0.05) is 35.2 Å². The lowest BCUT2D eigenvalue weighted by atomic mass is 10.0. The maximum Gasteiger partial charge on any atom is 0.307 e. The number of furan rings is 1. The first-order chi connectivity index (χ1) is 16.5. The van der Waals surface area contributed by atoms with Gasteiger partial charge in [-0.15, -0.1) is 0 Å². The van der Waals surface area contributed by atoms with E-state index in [1.165, 1.54) is 6.33 Å². The van der Waals surface area contributed by atoms with E-state index in [-0.39, 0.29) is 6.42 Å². The minimum atomic E-state index is -0.902. The minimum absolute atomic E-state index is 0.0975. The van der Waals surface area contributed by atoms with Crippen LogP contribution < -0.4 is 14.8 Å². The van der Waals surface area contributed by atoms with Crippen LogP contribution in [0.1, 0.15) is 23.6 Å². The number of aryl methyl sites for hydroxylation is 1. The predicted molar refractivity (Wildman–Crippen MR) is 130 cm³/mol. The summed E-state index contributed by atoms with van der Waals surface area (Å²) in [5.74, 6) is 1.14. The van der Waals surface area contributed by atoms with Gasteiger partial charge < -0.3 is 24.3 Å². The van der Waals surface area contributed by atoms with Crippen molar-refractivity contribution in [1.82, 2.24) is 9.97 Å². The number of carboxylic acids is 1. The van der Waals surface area contributed by atoms with Crippen molar-refractivity contribution < 1.29 is 23.8 Å². The van der Waals surface area contributed by atoms with Gasteiger partial charge in [-0.3, -0.25) is 4.79 Å². The molecule has 2 N–H and O–H groups in total. The number of carboxylic acid groups (broad SMARTS) is 1. The lowest BCUT2D eigenvalue weighted by Crippen LogP contribution is -2.09. The van der Waals surface area contributed by atoms with Gasteiger partial charge in [0.2, 0.25) is 0 Å². The van der Waals surface area contributed by atoms with Crippen molar-refractivity contribution in [3.8, 4) is 22.8 Å². The standard InChI is InChI=1S/C26H27N3O5/c1-4-33-22-11-17(5-6-18(22)12-26(30)31)21-13-25(29-15-28-21)27-9-7-19-16(2)20-8-10-34-24(20)14-23(19)32-3/h5-6,8,10-11,13-15H,4,7,9,12H2,1-3H3,(H,30,31)(H,27,28,29). The normalized spacial score (nSPS) is 10.9. The van der Waals surface area contributed by atoms with E-state index < -0.39 is 5.97 Å². The Hall–Kier alpha value is -4.07. The smallest absolute Gasteiger partial charge is 0.307 e. The zero-order valence-corrected chi connectivity index (χ0v) is 19.4. The minimum Gasteiger partial charge on any atom is -0.496 e. The van der Waals surface area contributed by atoms with Crippen LogP contribution in [0.3, 0.4) is 0 Å². The summed E-state index contributed by atoms with van der Waals surface area (Å²) < 4.78 is 16.8. The van der Waals surface area contributed by atoms with Gasteiger partial charge in [-0.05, 0) is 43.5 Å². The topological polar surface area (TPSA) is 107 Å². The van der Waals surface area contributed by atoms with E-state index in [0.29, 0.717) is 36.0 Å². The lowest BCUT2D eigenvalue weighted by Gasteiger charge is -2.14. The molecule has 8 nitrogen and oxygen atoms in total. The van der Waals surface area contributed by atoms with Gasteiger partial charge in [-0.2, -0.15) is 0 Å². The van der Waals surface area contributed by atoms with Crippen molar-refractivity contribution >= 4 is 22.8 Å². The number of nitrogens with zero attached hydrogens (tertiary/aromatic N) is 2. The largest absolute Gasteiger partial charge is 0.496 e. The molecule has 8 heteroatoms. The molecule has 0 spiro atoms. The molecule has 0 amide bonds. The predicted octanol–water partition coefficient (Wildman–Crippen LogP) is 4.89. The summed E-state index contributed by atoms with van der Waals surface area (Å²) in [6.45, 7) is 5.03. The van der Waals surface area contributed by atoms with Crippen molar-refractivity contribution in [1.29, 1.82) is 0 Å². The third-order valence-corrected chi connectivity index (χ3v) is 5.68. The lowest BCUT2D eigenvalue weighted by molar-refractivity contribution is -0.136. The molecular weight excluding hydrogens is 434 g/mol. The first-order valence-corrected chi connectivity index (χ1v) is 11.1. The summed E-state index contributed by atoms with van der Waals surface area (Å²) in [4.78, 5) is 19.9. The number of hydrogen-bond donors (Lipinski definition) is 2. The number of rotatable bonds is 10. The second kappa shape index (κ2) is 10.2. The number of fused-ring (bicyclic) bond motifs is 1. The molecule has 0 atom stereocenters. The van der Waals surface area contributed by atoms with Crippen LogP contribution in [0.2, 0.25) is 0 Å². The SMILES string of the molecule is CCOc1cc(-c2cc(NCCc3c(OC)cc4occc4c3C)ncn2)ccc1CC(=O)O. The maximum absolute atomic E-state index is 11.1. The van der Waals surface area contributed by atoms with Crippen molar-refractivity contribution in [3.05, 3.63) is 65.7 Å². The van der Waals surface area contributed by atoms with Crippen molar-refractivity contribution in [2.45, 2.75) is 26.7 Å². The number of ether oxygens (including phenoxy) is 2. The Kier molecular flexibility index (Phi) is 6.96. The molecule has 0 unspecified atom stereocenters. The summed E-state index contributed by atoms with van der Waals surface area (Å²) in [5.41, 5.74) is 5.24. The van der Waals surface area contributed by atoms with Crippen LogP contribution in [-0.4, -0.2) is 41.3 Å². The fraction of sp³-hybridized carbons (Fsp3) is 0.269. The number of aliphatic carboxylic acids is 1. The van der Waals surface area contributed by atoms with E-state index in [9.17, 15) is 4.79 Å². The number of hydrogen-bond acceptors (Lipinski definition) is 7. The highest BCUT2D eigenvalue weighted by molar-refractivity contribution is 5.84. The molecule has 0 aliphatic rings. The van der Waals surface area contributed by atoms with Crippen LogP contribution in [0.15, 0.2) is 53.4 Å². The summed E-state index contributed by atoms with van der Waals surface area (Å²) in [5, 5.41) is 13.6. The molecule has 2 aromatic carbocycles. The second-order valence-electron chi connectivity index (χ2n) is 7.81. The second-order valence-corrected chi connectivity index (χ2v) is 7.81. The molecule has 0 saturated heterocycles. The van der Waals surface area contributed by atoms with Crippen LogP contribution in [0, 0.1) is 6.92 Å². The third-order valence-electron chi connectivity index (χ3n) is 5.68. The van der Waals surface area contributed by atoms with Gasteiger partial charge >= 0.3 is 5.97 Å². The molecule has 176 valence electrons. The van der Waals surface area contributed by atoms with E-state index in [1.807, 2.05) is 37.3 Å². The molecule has 4 rings (SSSR count). The van der Waals surface area contributed by atoms with E-state index in [0.717, 1.165) is 39.8 Å². The number of methoxy groups -OCH3 is 1. The van der Waals surface area contributed by atoms with Gasteiger partial charge in [-0.1, -0.05) is 12.1 Å². The van der Waals surface area contributed by atoms with E-state index >= 15 is 0 Å². The highest BCUT2D eigenvalue weighted by Gasteiger charge is 2.14. The Labute approximate surface area is 197 Å². The molecule has 0 saturated carbocycles. The first-order valence-electron chi connectivity index (χ1n) is 11.1. The quantitative estimate of drug-likeness (QED) is 0.344. The summed E-state index contributed by atoms with van der Waals surface area (Å²) >= 11 is 0. The van der Waals surface area contributed by atoms with Crippen LogP contribution >= 0.6 is 0 Å². The van der Waals surface area contributed by atoms with Crippen LogP contribution in [0.4, 0.5) is 5.82 Å². The maximum atomic E-state index is 11.1. The fourth-order valence-electron chi connectivity index (χ4n) is 4.03. The van der Waals surface area contributed by atoms with E-state index in [4.69, 9.17) is 19.0 Å². The molecular formula is C26H27N3O5. The van der Waals surface area contributed by atoms with Crippen LogP contribution in [-0.2, 0) is 17.6 Å². The molecule has 4 aromatic rings. The Bertz CT molecular complexity index is 1320. The molecule has 2 heterocycles. The third kappa shape index (κ3) is 4.96.